The van der Waals surface area contributed by atoms with Gasteiger partial charge in [-0.1, -0.05) is 6.08 Å². The number of fused-ring (bicyclic) bond motifs is 1. The molecule has 0 spiro atoms. The smallest absolute Gasteiger partial charge is 0.248 e. The third kappa shape index (κ3) is 2.95. The molecule has 100 valence electrons. The van der Waals surface area contributed by atoms with E-state index in [1.54, 1.807) is 31.2 Å². The van der Waals surface area contributed by atoms with Crippen molar-refractivity contribution in [2.45, 2.75) is 19.4 Å². The van der Waals surface area contributed by atoms with Crippen molar-refractivity contribution < 1.29 is 9.90 Å². The number of aliphatic hydroxyl groups is 1. The SMILES string of the molecule is C/C=C(O)\C=C/CC1NNc2ccc(C(N)=O)cc21. The maximum absolute atomic E-state index is 11.2. The molecule has 0 radical (unpaired) electrons. The molecule has 1 aromatic rings. The van der Waals surface area contributed by atoms with Crippen LogP contribution in [-0.2, 0) is 0 Å². The number of nitrogens with two attached hydrogens (primary N) is 1. The van der Waals surface area contributed by atoms with E-state index < -0.39 is 5.91 Å². The summed E-state index contributed by atoms with van der Waals surface area (Å²) >= 11 is 0. The summed E-state index contributed by atoms with van der Waals surface area (Å²) in [6.45, 7) is 1.77. The first-order chi connectivity index (χ1) is 9.11. The quantitative estimate of drug-likeness (QED) is 0.493. The summed E-state index contributed by atoms with van der Waals surface area (Å²) in [6, 6.07) is 5.36. The topological polar surface area (TPSA) is 87.4 Å². The molecule has 5 nitrogen and oxygen atoms in total. The van der Waals surface area contributed by atoms with Gasteiger partial charge in [0.1, 0.15) is 5.76 Å². The minimum atomic E-state index is -0.435. The second kappa shape index (κ2) is 5.58. The van der Waals surface area contributed by atoms with E-state index in [1.165, 1.54) is 0 Å². The van der Waals surface area contributed by atoms with Crippen molar-refractivity contribution in [3.63, 3.8) is 0 Å². The van der Waals surface area contributed by atoms with E-state index in [-0.39, 0.29) is 11.8 Å². The van der Waals surface area contributed by atoms with Gasteiger partial charge in [-0.3, -0.25) is 4.79 Å². The van der Waals surface area contributed by atoms with Gasteiger partial charge in [0.05, 0.1) is 11.7 Å². The van der Waals surface area contributed by atoms with E-state index in [9.17, 15) is 9.90 Å². The third-order valence-corrected chi connectivity index (χ3v) is 3.05. The Morgan fingerprint density at radius 3 is 3.00 bits per heavy atom. The summed E-state index contributed by atoms with van der Waals surface area (Å²) in [7, 11) is 0. The Morgan fingerprint density at radius 2 is 2.32 bits per heavy atom. The summed E-state index contributed by atoms with van der Waals surface area (Å²) in [6.07, 6.45) is 5.84. The van der Waals surface area contributed by atoms with Crippen molar-refractivity contribution in [1.29, 1.82) is 0 Å². The highest BCUT2D eigenvalue weighted by molar-refractivity contribution is 5.93. The largest absolute Gasteiger partial charge is 0.508 e. The number of anilines is 1. The Bertz CT molecular complexity index is 550. The highest BCUT2D eigenvalue weighted by Crippen LogP contribution is 2.31. The number of aliphatic hydroxyl groups excluding tert-OH is 1. The van der Waals surface area contributed by atoms with Crippen LogP contribution in [0.1, 0.15) is 35.3 Å². The predicted molar refractivity (Wildman–Crippen MR) is 74.6 cm³/mol. The molecule has 0 aliphatic carbocycles. The van der Waals surface area contributed by atoms with Gasteiger partial charge in [0, 0.05) is 5.56 Å². The van der Waals surface area contributed by atoms with E-state index >= 15 is 0 Å². The lowest BCUT2D eigenvalue weighted by Crippen LogP contribution is -2.18. The molecule has 1 amide bonds. The molecule has 1 aromatic carbocycles. The molecule has 1 aliphatic rings. The van der Waals surface area contributed by atoms with Gasteiger partial charge < -0.3 is 16.3 Å². The van der Waals surface area contributed by atoms with Gasteiger partial charge in [-0.2, -0.15) is 0 Å². The van der Waals surface area contributed by atoms with Gasteiger partial charge in [0.2, 0.25) is 5.91 Å². The van der Waals surface area contributed by atoms with Crippen LogP contribution >= 0.6 is 0 Å². The zero-order valence-corrected chi connectivity index (χ0v) is 10.7. The highest BCUT2D eigenvalue weighted by atomic mass is 16.3. The van der Waals surface area contributed by atoms with E-state index in [0.717, 1.165) is 11.3 Å². The molecule has 0 aromatic heterocycles. The number of amides is 1. The maximum atomic E-state index is 11.2. The molecule has 1 unspecified atom stereocenters. The minimum Gasteiger partial charge on any atom is -0.508 e. The number of hydrogen-bond acceptors (Lipinski definition) is 4. The number of allylic oxidation sites excluding steroid dienone is 2. The molecule has 19 heavy (non-hydrogen) atoms. The van der Waals surface area contributed by atoms with Gasteiger partial charge >= 0.3 is 0 Å². The summed E-state index contributed by atoms with van der Waals surface area (Å²) in [5.41, 5.74) is 13.9. The van der Waals surface area contributed by atoms with Crippen molar-refractivity contribution >= 4 is 11.6 Å². The normalized spacial score (nSPS) is 18.4. The minimum absolute atomic E-state index is 0.0511. The average molecular weight is 259 g/mol. The Kier molecular flexibility index (Phi) is 3.87. The molecular formula is C14H17N3O2. The lowest BCUT2D eigenvalue weighted by Gasteiger charge is -2.08. The molecule has 1 heterocycles. The fraction of sp³-hybridized carbons (Fsp3) is 0.214. The van der Waals surface area contributed by atoms with Gasteiger partial charge in [0.15, 0.2) is 0 Å². The molecule has 1 atom stereocenters. The first-order valence-electron chi connectivity index (χ1n) is 6.09. The fourth-order valence-corrected chi connectivity index (χ4v) is 1.97. The molecule has 5 N–H and O–H groups in total. The van der Waals surface area contributed by atoms with Crippen molar-refractivity contribution in [3.05, 3.63) is 53.3 Å². The Labute approximate surface area is 111 Å². The van der Waals surface area contributed by atoms with Crippen molar-refractivity contribution in [2.75, 3.05) is 5.43 Å². The van der Waals surface area contributed by atoms with Gasteiger partial charge in [-0.25, -0.2) is 5.43 Å². The number of nitrogens with one attached hydrogen (secondary N) is 2. The average Bonchev–Trinajstić information content (AvgIpc) is 2.81. The highest BCUT2D eigenvalue weighted by Gasteiger charge is 2.21. The zero-order chi connectivity index (χ0) is 13.8. The van der Waals surface area contributed by atoms with Crippen molar-refractivity contribution in [1.82, 2.24) is 5.43 Å². The first kappa shape index (κ1) is 13.2. The lowest BCUT2D eigenvalue weighted by molar-refractivity contribution is 0.1000. The van der Waals surface area contributed by atoms with Gasteiger partial charge in [-0.15, -0.1) is 0 Å². The second-order valence-corrected chi connectivity index (χ2v) is 4.34. The standard InChI is InChI=1S/C14H17N3O2/c1-2-10(18)4-3-5-12-11-8-9(14(15)19)6-7-13(11)17-16-12/h2-4,6-8,12,16-18H,5H2,1H3,(H2,15,19)/b4-3-,10-2+. The van der Waals surface area contributed by atoms with E-state index in [1.807, 2.05) is 12.1 Å². The predicted octanol–water partition coefficient (Wildman–Crippen LogP) is 2.16. The molecule has 0 saturated heterocycles. The van der Waals surface area contributed by atoms with Crippen LogP contribution < -0.4 is 16.6 Å². The van der Waals surface area contributed by atoms with Crippen LogP contribution in [0.2, 0.25) is 0 Å². The van der Waals surface area contributed by atoms with Crippen LogP contribution in [0.4, 0.5) is 5.69 Å². The number of benzene rings is 1. The van der Waals surface area contributed by atoms with Gasteiger partial charge in [0.25, 0.3) is 0 Å². The Balaban J connectivity index is 2.14. The Morgan fingerprint density at radius 1 is 1.53 bits per heavy atom. The summed E-state index contributed by atoms with van der Waals surface area (Å²) in [5, 5.41) is 9.32. The monoisotopic (exact) mass is 259 g/mol. The molecule has 0 fully saturated rings. The Hall–Kier alpha value is -2.27. The van der Waals surface area contributed by atoms with Crippen molar-refractivity contribution in [2.24, 2.45) is 5.73 Å². The summed E-state index contributed by atoms with van der Waals surface area (Å²) in [5.74, 6) is -0.201. The molecular weight excluding hydrogens is 242 g/mol. The number of primary amides is 1. The van der Waals surface area contributed by atoms with Crippen LogP contribution in [-0.4, -0.2) is 11.0 Å². The number of carbonyl (C=O) groups is 1. The summed E-state index contributed by atoms with van der Waals surface area (Å²) < 4.78 is 0. The van der Waals surface area contributed by atoms with E-state index in [2.05, 4.69) is 10.9 Å². The molecule has 1 aliphatic heterocycles. The maximum Gasteiger partial charge on any atom is 0.248 e. The van der Waals surface area contributed by atoms with Crippen LogP contribution in [0.5, 0.6) is 0 Å². The lowest BCUT2D eigenvalue weighted by atomic mass is 10.0. The van der Waals surface area contributed by atoms with Gasteiger partial charge in [-0.05, 0) is 49.3 Å². The van der Waals surface area contributed by atoms with Crippen LogP contribution in [0.15, 0.2) is 42.2 Å². The van der Waals surface area contributed by atoms with E-state index in [0.29, 0.717) is 12.0 Å². The van der Waals surface area contributed by atoms with E-state index in [4.69, 9.17) is 5.73 Å². The van der Waals surface area contributed by atoms with Crippen LogP contribution in [0.25, 0.3) is 0 Å². The summed E-state index contributed by atoms with van der Waals surface area (Å²) in [4.78, 5) is 11.2. The number of hydrazine groups is 1. The number of carbonyl (C=O) groups excluding carboxylic acids is 1. The molecule has 2 rings (SSSR count). The third-order valence-electron chi connectivity index (χ3n) is 3.05. The molecule has 0 bridgehead atoms. The first-order valence-corrected chi connectivity index (χ1v) is 6.09. The number of hydrogen-bond donors (Lipinski definition) is 4. The zero-order valence-electron chi connectivity index (χ0n) is 10.7. The molecule has 0 saturated carbocycles. The second-order valence-electron chi connectivity index (χ2n) is 4.34. The van der Waals surface area contributed by atoms with Crippen molar-refractivity contribution in [3.8, 4) is 0 Å². The fourth-order valence-electron chi connectivity index (χ4n) is 1.97. The van der Waals surface area contributed by atoms with Crippen LogP contribution in [0, 0.1) is 0 Å². The van der Waals surface area contributed by atoms with Crippen LogP contribution in [0.3, 0.4) is 0 Å². The number of rotatable bonds is 4. The molecule has 5 heteroatoms.